The molecule has 2 aromatic carbocycles. The predicted octanol–water partition coefficient (Wildman–Crippen LogP) is 1.87. The Kier molecular flexibility index (Phi) is 7.43. The maximum Gasteiger partial charge on any atom is 0.261 e. The van der Waals surface area contributed by atoms with Crippen LogP contribution >= 0.6 is 0 Å². The predicted molar refractivity (Wildman–Crippen MR) is 120 cm³/mol. The zero-order valence-corrected chi connectivity index (χ0v) is 18.3. The molecule has 168 valence electrons. The molecular weight excluding hydrogens is 412 g/mol. The van der Waals surface area contributed by atoms with Gasteiger partial charge in [0.05, 0.1) is 31.4 Å². The largest absolute Gasteiger partial charge is 0.493 e. The smallest absolute Gasteiger partial charge is 0.261 e. The first kappa shape index (κ1) is 22.8. The van der Waals surface area contributed by atoms with Gasteiger partial charge in [-0.2, -0.15) is 0 Å². The second-order valence-electron chi connectivity index (χ2n) is 7.13. The number of rotatable bonds is 9. The molecule has 0 saturated carbocycles. The van der Waals surface area contributed by atoms with Crippen LogP contribution in [-0.4, -0.2) is 42.6 Å². The summed E-state index contributed by atoms with van der Waals surface area (Å²) in [5.74, 6) is 0.644. The van der Waals surface area contributed by atoms with E-state index in [1.54, 1.807) is 37.4 Å². The fourth-order valence-corrected chi connectivity index (χ4v) is 3.31. The number of nitrogens with one attached hydrogen (secondary N) is 2. The maximum absolute atomic E-state index is 12.8. The van der Waals surface area contributed by atoms with Crippen molar-refractivity contribution in [2.24, 2.45) is 0 Å². The molecule has 0 saturated heterocycles. The van der Waals surface area contributed by atoms with Crippen LogP contribution in [0.15, 0.2) is 47.5 Å². The van der Waals surface area contributed by atoms with Crippen LogP contribution in [0.4, 0.5) is 0 Å². The number of benzene rings is 2. The number of carbonyl (C=O) groups is 2. The summed E-state index contributed by atoms with van der Waals surface area (Å²) in [7, 11) is 4.60. The van der Waals surface area contributed by atoms with Gasteiger partial charge in [0, 0.05) is 38.2 Å². The average molecular weight is 438 g/mol. The number of hydrogen-bond acceptors (Lipinski definition) is 6. The molecule has 0 aliphatic carbocycles. The molecule has 2 amide bonds. The minimum Gasteiger partial charge on any atom is -0.493 e. The lowest BCUT2D eigenvalue weighted by Crippen LogP contribution is -2.25. The van der Waals surface area contributed by atoms with Crippen LogP contribution in [0.2, 0.25) is 0 Å². The highest BCUT2D eigenvalue weighted by molar-refractivity contribution is 5.94. The Bertz CT molecular complexity index is 1190. The maximum atomic E-state index is 12.8. The van der Waals surface area contributed by atoms with Crippen molar-refractivity contribution in [1.82, 2.24) is 20.2 Å². The van der Waals surface area contributed by atoms with Gasteiger partial charge in [-0.25, -0.2) is 4.98 Å². The van der Waals surface area contributed by atoms with Crippen LogP contribution in [0.25, 0.3) is 10.9 Å². The third-order valence-corrected chi connectivity index (χ3v) is 5.04. The Morgan fingerprint density at radius 3 is 2.56 bits per heavy atom. The van der Waals surface area contributed by atoms with Gasteiger partial charge in [0.15, 0.2) is 11.5 Å². The highest BCUT2D eigenvalue weighted by Gasteiger charge is 2.11. The van der Waals surface area contributed by atoms with E-state index in [4.69, 9.17) is 9.47 Å². The molecule has 32 heavy (non-hydrogen) atoms. The third kappa shape index (κ3) is 5.23. The lowest BCUT2D eigenvalue weighted by molar-refractivity contribution is -0.121. The third-order valence-electron chi connectivity index (χ3n) is 5.04. The van der Waals surface area contributed by atoms with Crippen molar-refractivity contribution in [3.8, 4) is 11.5 Å². The standard InChI is InChI=1S/C23H26N4O5/c1-24-22(29)16-7-4-6-15(10-16)13-25-21(28)8-5-9-27-14-26-18-12-20(32-3)19(31-2)11-17(18)23(27)30/h4,6-7,10-12,14H,5,8-9,13H2,1-3H3,(H,24,29)(H,25,28). The summed E-state index contributed by atoms with van der Waals surface area (Å²) >= 11 is 0. The summed E-state index contributed by atoms with van der Waals surface area (Å²) < 4.78 is 12.0. The topological polar surface area (TPSA) is 112 Å². The molecule has 0 radical (unpaired) electrons. The molecule has 0 spiro atoms. The molecule has 9 nitrogen and oxygen atoms in total. The molecule has 0 aliphatic heterocycles. The number of nitrogens with zero attached hydrogens (tertiary/aromatic N) is 2. The van der Waals surface area contributed by atoms with Crippen molar-refractivity contribution in [3.05, 3.63) is 64.2 Å². The fraction of sp³-hybridized carbons (Fsp3) is 0.304. The lowest BCUT2D eigenvalue weighted by atomic mass is 10.1. The SMILES string of the molecule is CNC(=O)c1cccc(CNC(=O)CCCn2cnc3cc(OC)c(OC)cc3c2=O)c1. The van der Waals surface area contributed by atoms with Gasteiger partial charge in [-0.3, -0.25) is 19.0 Å². The Hall–Kier alpha value is -3.88. The Labute approximate surface area is 185 Å². The first-order valence-electron chi connectivity index (χ1n) is 10.2. The molecular formula is C23H26N4O5. The van der Waals surface area contributed by atoms with E-state index in [-0.39, 0.29) is 23.8 Å². The van der Waals surface area contributed by atoms with Gasteiger partial charge < -0.3 is 20.1 Å². The van der Waals surface area contributed by atoms with Crippen LogP contribution in [0.5, 0.6) is 11.5 Å². The second-order valence-corrected chi connectivity index (χ2v) is 7.13. The number of amides is 2. The minimum absolute atomic E-state index is 0.136. The summed E-state index contributed by atoms with van der Waals surface area (Å²) in [5, 5.41) is 5.83. The van der Waals surface area contributed by atoms with E-state index in [0.29, 0.717) is 47.5 Å². The van der Waals surface area contributed by atoms with Crippen LogP contribution in [0, 0.1) is 0 Å². The van der Waals surface area contributed by atoms with Gasteiger partial charge in [0.2, 0.25) is 5.91 Å². The van der Waals surface area contributed by atoms with Gasteiger partial charge in [-0.05, 0) is 30.2 Å². The van der Waals surface area contributed by atoms with E-state index in [1.807, 2.05) is 6.07 Å². The number of fused-ring (bicyclic) bond motifs is 1. The van der Waals surface area contributed by atoms with Crippen LogP contribution in [0.3, 0.4) is 0 Å². The van der Waals surface area contributed by atoms with E-state index in [1.165, 1.54) is 25.1 Å². The number of aryl methyl sites for hydroxylation is 1. The number of hydrogen-bond donors (Lipinski definition) is 2. The van der Waals surface area contributed by atoms with Crippen molar-refractivity contribution >= 4 is 22.7 Å². The first-order chi connectivity index (χ1) is 15.5. The number of aromatic nitrogens is 2. The number of methoxy groups -OCH3 is 2. The van der Waals surface area contributed by atoms with Crippen molar-refractivity contribution < 1.29 is 19.1 Å². The second kappa shape index (κ2) is 10.4. The summed E-state index contributed by atoms with van der Waals surface area (Å²) in [4.78, 5) is 41.0. The van der Waals surface area contributed by atoms with Crippen molar-refractivity contribution in [3.63, 3.8) is 0 Å². The molecule has 3 aromatic rings. The lowest BCUT2D eigenvalue weighted by Gasteiger charge is -2.11. The van der Waals surface area contributed by atoms with E-state index in [2.05, 4.69) is 15.6 Å². The highest BCUT2D eigenvalue weighted by Crippen LogP contribution is 2.29. The Morgan fingerprint density at radius 1 is 1.09 bits per heavy atom. The summed E-state index contributed by atoms with van der Waals surface area (Å²) in [6.45, 7) is 0.679. The van der Waals surface area contributed by atoms with Crippen molar-refractivity contribution in [2.75, 3.05) is 21.3 Å². The van der Waals surface area contributed by atoms with Crippen LogP contribution < -0.4 is 25.7 Å². The summed E-state index contributed by atoms with van der Waals surface area (Å²) in [5.41, 5.74) is 1.68. The van der Waals surface area contributed by atoms with E-state index in [9.17, 15) is 14.4 Å². The van der Waals surface area contributed by atoms with E-state index in [0.717, 1.165) is 5.56 Å². The van der Waals surface area contributed by atoms with Crippen molar-refractivity contribution in [1.29, 1.82) is 0 Å². The van der Waals surface area contributed by atoms with Gasteiger partial charge >= 0.3 is 0 Å². The highest BCUT2D eigenvalue weighted by atomic mass is 16.5. The molecule has 0 unspecified atom stereocenters. The van der Waals surface area contributed by atoms with E-state index >= 15 is 0 Å². The molecule has 2 N–H and O–H groups in total. The van der Waals surface area contributed by atoms with Gasteiger partial charge in [-0.1, -0.05) is 12.1 Å². The zero-order valence-electron chi connectivity index (χ0n) is 18.3. The first-order valence-corrected chi connectivity index (χ1v) is 10.2. The van der Waals surface area contributed by atoms with Crippen LogP contribution in [-0.2, 0) is 17.9 Å². The van der Waals surface area contributed by atoms with Gasteiger partial charge in [0.1, 0.15) is 0 Å². The average Bonchev–Trinajstić information content (AvgIpc) is 2.83. The molecule has 0 fully saturated rings. The monoisotopic (exact) mass is 438 g/mol. The Morgan fingerprint density at radius 2 is 1.84 bits per heavy atom. The quantitative estimate of drug-likeness (QED) is 0.528. The molecule has 1 heterocycles. The summed E-state index contributed by atoms with van der Waals surface area (Å²) in [6.07, 6.45) is 2.20. The van der Waals surface area contributed by atoms with Crippen LogP contribution in [0.1, 0.15) is 28.8 Å². The normalized spacial score (nSPS) is 10.6. The number of ether oxygens (including phenoxy) is 2. The molecule has 0 bridgehead atoms. The molecule has 0 atom stereocenters. The van der Waals surface area contributed by atoms with Gasteiger partial charge in [0.25, 0.3) is 11.5 Å². The Balaban J connectivity index is 1.58. The molecule has 1 aromatic heterocycles. The van der Waals surface area contributed by atoms with Gasteiger partial charge in [-0.15, -0.1) is 0 Å². The molecule has 9 heteroatoms. The fourth-order valence-electron chi connectivity index (χ4n) is 3.31. The molecule has 3 rings (SSSR count). The van der Waals surface area contributed by atoms with E-state index < -0.39 is 0 Å². The minimum atomic E-state index is -0.206. The number of carbonyl (C=O) groups excluding carboxylic acids is 2. The zero-order chi connectivity index (χ0) is 23.1. The van der Waals surface area contributed by atoms with Crippen molar-refractivity contribution in [2.45, 2.75) is 25.9 Å². The summed E-state index contributed by atoms with van der Waals surface area (Å²) in [6, 6.07) is 10.3. The molecule has 0 aliphatic rings.